The topological polar surface area (TPSA) is 67.4 Å². The second-order valence-electron chi connectivity index (χ2n) is 4.82. The highest BCUT2D eigenvalue weighted by atomic mass is 32.2. The summed E-state index contributed by atoms with van der Waals surface area (Å²) in [6.07, 6.45) is -4.39. The molecule has 5 nitrogen and oxygen atoms in total. The van der Waals surface area contributed by atoms with E-state index in [9.17, 15) is 22.2 Å². The Morgan fingerprint density at radius 2 is 1.88 bits per heavy atom. The number of thiophene rings is 1. The molecule has 0 spiro atoms. The minimum Gasteiger partial charge on any atom is -0.484 e. The molecule has 0 aliphatic rings. The molecule has 2 N–H and O–H groups in total. The van der Waals surface area contributed by atoms with Gasteiger partial charge in [0.2, 0.25) is 0 Å². The van der Waals surface area contributed by atoms with Crippen molar-refractivity contribution in [1.82, 2.24) is 10.0 Å². The van der Waals surface area contributed by atoms with Crippen LogP contribution in [-0.2, 0) is 17.5 Å². The minimum atomic E-state index is -4.39. The second kappa shape index (κ2) is 8.45. The highest BCUT2D eigenvalue weighted by Gasteiger charge is 2.28. The summed E-state index contributed by atoms with van der Waals surface area (Å²) in [5.41, 5.74) is 0.711. The summed E-state index contributed by atoms with van der Waals surface area (Å²) in [5, 5.41) is 2.69. The number of carbonyl (C=O) groups excluding carboxylic acids is 1. The summed E-state index contributed by atoms with van der Waals surface area (Å²) in [4.78, 5) is 12.5. The zero-order valence-corrected chi connectivity index (χ0v) is 14.7. The van der Waals surface area contributed by atoms with E-state index in [0.29, 0.717) is 14.6 Å². The first-order chi connectivity index (χ1) is 11.8. The van der Waals surface area contributed by atoms with Crippen molar-refractivity contribution in [1.29, 1.82) is 0 Å². The fraction of sp³-hybridized carbons (Fsp3) is 0.267. The number of carbonyl (C=O) groups is 1. The molecule has 1 unspecified atom stereocenters. The van der Waals surface area contributed by atoms with Crippen LogP contribution in [0.15, 0.2) is 40.6 Å². The number of hydrogen-bond acceptors (Lipinski definition) is 4. The predicted molar refractivity (Wildman–Crippen MR) is 88.9 cm³/mol. The van der Waals surface area contributed by atoms with Gasteiger partial charge >= 0.3 is 6.18 Å². The molecule has 0 bridgehead atoms. The molecule has 1 aromatic heterocycles. The fourth-order valence-electron chi connectivity index (χ4n) is 1.78. The maximum atomic E-state index is 12.1. The molecule has 10 heteroatoms. The molecular formula is C15H15F3N2O3S2. The molecule has 1 amide bonds. The van der Waals surface area contributed by atoms with E-state index < -0.39 is 23.8 Å². The number of alkyl halides is 3. The number of benzene rings is 1. The van der Waals surface area contributed by atoms with Gasteiger partial charge in [-0.1, -0.05) is 12.1 Å². The highest BCUT2D eigenvalue weighted by molar-refractivity contribution is 7.85. The summed E-state index contributed by atoms with van der Waals surface area (Å²) >= 11 is 1.12. The van der Waals surface area contributed by atoms with Crippen LogP contribution in [0.25, 0.3) is 0 Å². The van der Waals surface area contributed by atoms with Gasteiger partial charge in [0.05, 0.1) is 4.88 Å². The third-order valence-corrected chi connectivity index (χ3v) is 5.41. The van der Waals surface area contributed by atoms with Gasteiger partial charge in [-0.2, -0.15) is 13.2 Å². The largest absolute Gasteiger partial charge is 0.484 e. The number of amides is 1. The lowest BCUT2D eigenvalue weighted by Crippen LogP contribution is -2.21. The molecule has 1 heterocycles. The van der Waals surface area contributed by atoms with Crippen LogP contribution in [0, 0.1) is 0 Å². The van der Waals surface area contributed by atoms with Gasteiger partial charge in [-0.05, 0) is 36.9 Å². The fourth-order valence-corrected chi connectivity index (χ4v) is 3.65. The molecule has 2 aromatic rings. The number of halogens is 3. The van der Waals surface area contributed by atoms with Gasteiger partial charge in [0.15, 0.2) is 6.61 Å². The van der Waals surface area contributed by atoms with E-state index in [1.54, 1.807) is 31.3 Å². The number of hydrogen-bond donors (Lipinski definition) is 2. The molecule has 0 aliphatic heterocycles. The number of ether oxygens (including phenoxy) is 1. The highest BCUT2D eigenvalue weighted by Crippen LogP contribution is 2.20. The van der Waals surface area contributed by atoms with Crippen LogP contribution in [0.4, 0.5) is 13.2 Å². The van der Waals surface area contributed by atoms with Gasteiger partial charge in [-0.3, -0.25) is 4.79 Å². The van der Waals surface area contributed by atoms with E-state index >= 15 is 0 Å². The van der Waals surface area contributed by atoms with Gasteiger partial charge in [0.1, 0.15) is 20.9 Å². The summed E-state index contributed by atoms with van der Waals surface area (Å²) in [6, 6.07) is 9.15. The lowest BCUT2D eigenvalue weighted by atomic mass is 10.2. The Hall–Kier alpha value is -1.91. The Morgan fingerprint density at radius 1 is 1.20 bits per heavy atom. The van der Waals surface area contributed by atoms with Crippen LogP contribution in [0.3, 0.4) is 0 Å². The Balaban J connectivity index is 1.87. The van der Waals surface area contributed by atoms with Gasteiger partial charge in [-0.25, -0.2) is 8.93 Å². The molecule has 0 radical (unpaired) electrons. The molecule has 0 fully saturated rings. The second-order valence-corrected chi connectivity index (χ2v) is 7.55. The average molecular weight is 392 g/mol. The Labute approximate surface area is 148 Å². The monoisotopic (exact) mass is 392 g/mol. The summed E-state index contributed by atoms with van der Waals surface area (Å²) in [6.45, 7) is -1.14. The van der Waals surface area contributed by atoms with Crippen LogP contribution in [0.2, 0.25) is 0 Å². The average Bonchev–Trinajstić information content (AvgIpc) is 3.07. The zero-order valence-electron chi connectivity index (χ0n) is 13.1. The molecule has 1 aromatic carbocycles. The summed E-state index contributed by atoms with van der Waals surface area (Å²) in [7, 11) is 0.211. The van der Waals surface area contributed by atoms with E-state index in [1.807, 2.05) is 0 Å². The van der Waals surface area contributed by atoms with Crippen molar-refractivity contribution in [3.05, 3.63) is 46.8 Å². The summed E-state index contributed by atoms with van der Waals surface area (Å²) in [5.74, 6) is -0.216. The maximum absolute atomic E-state index is 12.1. The van der Waals surface area contributed by atoms with E-state index in [-0.39, 0.29) is 18.2 Å². The molecular weight excluding hydrogens is 377 g/mol. The molecule has 0 saturated carbocycles. The lowest BCUT2D eigenvalue weighted by Gasteiger charge is -2.10. The molecule has 0 aliphatic carbocycles. The van der Waals surface area contributed by atoms with E-state index in [4.69, 9.17) is 0 Å². The van der Waals surface area contributed by atoms with Crippen molar-refractivity contribution in [2.75, 3.05) is 13.7 Å². The van der Waals surface area contributed by atoms with Crippen LogP contribution < -0.4 is 14.8 Å². The lowest BCUT2D eigenvalue weighted by molar-refractivity contribution is -0.153. The van der Waals surface area contributed by atoms with Crippen molar-refractivity contribution >= 4 is 28.2 Å². The summed E-state index contributed by atoms with van der Waals surface area (Å²) < 4.78 is 55.5. The van der Waals surface area contributed by atoms with Gasteiger partial charge < -0.3 is 10.1 Å². The van der Waals surface area contributed by atoms with Crippen molar-refractivity contribution < 1.29 is 26.9 Å². The van der Waals surface area contributed by atoms with Crippen molar-refractivity contribution in [3.63, 3.8) is 0 Å². The quantitative estimate of drug-likeness (QED) is 0.762. The first kappa shape index (κ1) is 19.4. The molecule has 136 valence electrons. The van der Waals surface area contributed by atoms with E-state index in [0.717, 1.165) is 11.3 Å². The van der Waals surface area contributed by atoms with Crippen molar-refractivity contribution in [3.8, 4) is 5.75 Å². The molecule has 0 saturated heterocycles. The first-order valence-corrected chi connectivity index (χ1v) is 9.01. The van der Waals surface area contributed by atoms with Crippen molar-refractivity contribution in [2.24, 2.45) is 0 Å². The third kappa shape index (κ3) is 6.15. The molecule has 25 heavy (non-hydrogen) atoms. The maximum Gasteiger partial charge on any atom is 0.422 e. The molecule has 2 rings (SSSR count). The van der Waals surface area contributed by atoms with Crippen LogP contribution in [0.1, 0.15) is 15.2 Å². The van der Waals surface area contributed by atoms with Crippen LogP contribution >= 0.6 is 11.3 Å². The smallest absolute Gasteiger partial charge is 0.422 e. The number of rotatable bonds is 7. The van der Waals surface area contributed by atoms with E-state index in [2.05, 4.69) is 14.8 Å². The third-order valence-electron chi connectivity index (χ3n) is 2.95. The first-order valence-electron chi connectivity index (χ1n) is 7.04. The Kier molecular flexibility index (Phi) is 6.57. The SMILES string of the molecule is CNS(=O)c1ccc(C(=O)NCc2ccc(OCC(F)(F)F)cc2)s1. The number of nitrogens with one attached hydrogen (secondary N) is 2. The Morgan fingerprint density at radius 3 is 2.48 bits per heavy atom. The van der Waals surface area contributed by atoms with E-state index in [1.165, 1.54) is 12.1 Å². The predicted octanol–water partition coefficient (Wildman–Crippen LogP) is 2.86. The minimum absolute atomic E-state index is 0.102. The Bertz CT molecular complexity index is 745. The zero-order chi connectivity index (χ0) is 18.4. The standard InChI is InChI=1S/C15H15F3N2O3S2/c1-19-25(22)13-7-6-12(24-13)14(21)20-8-10-2-4-11(5-3-10)23-9-15(16,17)18/h2-7,19H,8-9H2,1H3,(H,20,21). The van der Waals surface area contributed by atoms with Crippen molar-refractivity contribution in [2.45, 2.75) is 16.9 Å². The van der Waals surface area contributed by atoms with Gasteiger partial charge in [0.25, 0.3) is 5.91 Å². The molecule has 1 atom stereocenters. The van der Waals surface area contributed by atoms with Gasteiger partial charge in [-0.15, -0.1) is 11.3 Å². The van der Waals surface area contributed by atoms with Crippen LogP contribution in [-0.4, -0.2) is 29.9 Å². The van der Waals surface area contributed by atoms with Crippen LogP contribution in [0.5, 0.6) is 5.75 Å². The van der Waals surface area contributed by atoms with Gasteiger partial charge in [0, 0.05) is 6.54 Å². The normalized spacial score (nSPS) is 12.6.